The summed E-state index contributed by atoms with van der Waals surface area (Å²) in [6.07, 6.45) is 1.99. The predicted octanol–water partition coefficient (Wildman–Crippen LogP) is 4.07. The average molecular weight is 292 g/mol. The van der Waals surface area contributed by atoms with Gasteiger partial charge in [0.2, 0.25) is 5.82 Å². The van der Waals surface area contributed by atoms with Gasteiger partial charge in [0.05, 0.1) is 4.92 Å². The van der Waals surface area contributed by atoms with E-state index in [1.54, 1.807) is 17.8 Å². The molecule has 2 rings (SSSR count). The van der Waals surface area contributed by atoms with Crippen LogP contribution >= 0.6 is 11.8 Å². The molecule has 0 bridgehead atoms. The Morgan fingerprint density at radius 2 is 2.10 bits per heavy atom. The van der Waals surface area contributed by atoms with E-state index in [2.05, 4.69) is 5.32 Å². The number of anilines is 1. The molecular formula is C14H13FN2O2S. The zero-order valence-electron chi connectivity index (χ0n) is 10.8. The first-order chi connectivity index (χ1) is 9.60. The third kappa shape index (κ3) is 3.48. The van der Waals surface area contributed by atoms with Crippen molar-refractivity contribution in [2.75, 3.05) is 11.6 Å². The molecule has 2 aromatic rings. The molecule has 4 nitrogen and oxygen atoms in total. The van der Waals surface area contributed by atoms with Crippen molar-refractivity contribution in [1.29, 1.82) is 0 Å². The van der Waals surface area contributed by atoms with Crippen molar-refractivity contribution in [3.05, 3.63) is 64.0 Å². The second-order valence-electron chi connectivity index (χ2n) is 4.13. The minimum absolute atomic E-state index is 0.409. The van der Waals surface area contributed by atoms with Crippen molar-refractivity contribution >= 4 is 23.1 Å². The Balaban J connectivity index is 2.07. The first kappa shape index (κ1) is 14.3. The molecule has 0 aliphatic rings. The minimum Gasteiger partial charge on any atom is -0.381 e. The van der Waals surface area contributed by atoms with E-state index in [4.69, 9.17) is 0 Å². The molecule has 0 fully saturated rings. The molecular weight excluding hydrogens is 279 g/mol. The Morgan fingerprint density at radius 3 is 2.75 bits per heavy atom. The van der Waals surface area contributed by atoms with Crippen molar-refractivity contribution in [3.8, 4) is 0 Å². The van der Waals surface area contributed by atoms with Gasteiger partial charge in [0.25, 0.3) is 0 Å². The SMILES string of the molecule is CSc1cccc(NCc2ccc([N+](=O)[O-])c(F)c2)c1. The Morgan fingerprint density at radius 1 is 1.30 bits per heavy atom. The maximum Gasteiger partial charge on any atom is 0.304 e. The number of nitro groups is 1. The number of rotatable bonds is 5. The maximum absolute atomic E-state index is 13.5. The molecule has 0 unspecified atom stereocenters. The molecule has 0 saturated carbocycles. The highest BCUT2D eigenvalue weighted by Gasteiger charge is 2.13. The number of benzene rings is 2. The van der Waals surface area contributed by atoms with Crippen LogP contribution in [0.15, 0.2) is 47.4 Å². The van der Waals surface area contributed by atoms with Crippen LogP contribution in [-0.4, -0.2) is 11.2 Å². The van der Waals surface area contributed by atoms with Crippen LogP contribution in [0.5, 0.6) is 0 Å². The van der Waals surface area contributed by atoms with Crippen LogP contribution in [0.2, 0.25) is 0 Å². The normalized spacial score (nSPS) is 10.3. The Bertz CT molecular complexity index is 634. The summed E-state index contributed by atoms with van der Waals surface area (Å²) in [4.78, 5) is 10.9. The summed E-state index contributed by atoms with van der Waals surface area (Å²) in [5, 5.41) is 13.7. The number of nitrogens with one attached hydrogen (secondary N) is 1. The smallest absolute Gasteiger partial charge is 0.304 e. The summed E-state index contributed by atoms with van der Waals surface area (Å²) in [7, 11) is 0. The lowest BCUT2D eigenvalue weighted by molar-refractivity contribution is -0.387. The monoisotopic (exact) mass is 292 g/mol. The standard InChI is InChI=1S/C14H13FN2O2S/c1-20-12-4-2-3-11(8-12)16-9-10-5-6-14(17(18)19)13(15)7-10/h2-8,16H,9H2,1H3. The quantitative estimate of drug-likeness (QED) is 0.513. The van der Waals surface area contributed by atoms with E-state index in [9.17, 15) is 14.5 Å². The molecule has 0 spiro atoms. The Labute approximate surface area is 120 Å². The summed E-state index contributed by atoms with van der Waals surface area (Å²) < 4.78 is 13.5. The van der Waals surface area contributed by atoms with Gasteiger partial charge >= 0.3 is 5.69 Å². The predicted molar refractivity (Wildman–Crippen MR) is 78.6 cm³/mol. The second kappa shape index (κ2) is 6.38. The van der Waals surface area contributed by atoms with E-state index >= 15 is 0 Å². The largest absolute Gasteiger partial charge is 0.381 e. The summed E-state index contributed by atoms with van der Waals surface area (Å²) in [6, 6.07) is 11.8. The van der Waals surface area contributed by atoms with Crippen molar-refractivity contribution in [2.24, 2.45) is 0 Å². The molecule has 6 heteroatoms. The molecule has 1 N–H and O–H groups in total. The number of halogens is 1. The van der Waals surface area contributed by atoms with Crippen LogP contribution in [0.3, 0.4) is 0 Å². The van der Waals surface area contributed by atoms with Crippen molar-refractivity contribution in [2.45, 2.75) is 11.4 Å². The van der Waals surface area contributed by atoms with Gasteiger partial charge in [-0.05, 0) is 36.1 Å². The number of nitrogens with zero attached hydrogens (tertiary/aromatic N) is 1. The van der Waals surface area contributed by atoms with Crippen LogP contribution in [0.25, 0.3) is 0 Å². The number of thioether (sulfide) groups is 1. The van der Waals surface area contributed by atoms with Gasteiger partial charge in [-0.1, -0.05) is 12.1 Å². The van der Waals surface area contributed by atoms with Crippen LogP contribution in [0.4, 0.5) is 15.8 Å². The molecule has 2 aromatic carbocycles. The molecule has 104 valence electrons. The third-order valence-electron chi connectivity index (χ3n) is 2.78. The summed E-state index contributed by atoms with van der Waals surface area (Å²) >= 11 is 1.64. The molecule has 0 saturated heterocycles. The van der Waals surface area contributed by atoms with E-state index < -0.39 is 16.4 Å². The summed E-state index contributed by atoms with van der Waals surface area (Å²) in [5.74, 6) is -0.813. The molecule has 0 radical (unpaired) electrons. The van der Waals surface area contributed by atoms with Gasteiger partial charge in [-0.25, -0.2) is 0 Å². The van der Waals surface area contributed by atoms with E-state index in [0.29, 0.717) is 12.1 Å². The first-order valence-electron chi connectivity index (χ1n) is 5.91. The maximum atomic E-state index is 13.5. The summed E-state index contributed by atoms with van der Waals surface area (Å²) in [6.45, 7) is 0.409. The molecule has 0 aliphatic heterocycles. The van der Waals surface area contributed by atoms with E-state index in [0.717, 1.165) is 10.6 Å². The fourth-order valence-electron chi connectivity index (χ4n) is 1.75. The molecule has 0 amide bonds. The van der Waals surface area contributed by atoms with Crippen LogP contribution in [0.1, 0.15) is 5.56 Å². The fraction of sp³-hybridized carbons (Fsp3) is 0.143. The van der Waals surface area contributed by atoms with Gasteiger partial charge in [-0.2, -0.15) is 4.39 Å². The van der Waals surface area contributed by atoms with Crippen molar-refractivity contribution < 1.29 is 9.31 Å². The average Bonchev–Trinajstić information content (AvgIpc) is 2.45. The lowest BCUT2D eigenvalue weighted by Gasteiger charge is -2.08. The minimum atomic E-state index is -0.813. The lowest BCUT2D eigenvalue weighted by atomic mass is 10.2. The van der Waals surface area contributed by atoms with Gasteiger partial charge in [0, 0.05) is 23.2 Å². The highest BCUT2D eigenvalue weighted by atomic mass is 32.2. The molecule has 0 aromatic heterocycles. The van der Waals surface area contributed by atoms with Crippen LogP contribution in [-0.2, 0) is 6.54 Å². The summed E-state index contributed by atoms with van der Waals surface area (Å²) in [5.41, 5.74) is 1.08. The van der Waals surface area contributed by atoms with Crippen LogP contribution < -0.4 is 5.32 Å². The number of hydrogen-bond acceptors (Lipinski definition) is 4. The van der Waals surface area contributed by atoms with Crippen molar-refractivity contribution in [1.82, 2.24) is 0 Å². The van der Waals surface area contributed by atoms with Crippen molar-refractivity contribution in [3.63, 3.8) is 0 Å². The van der Waals surface area contributed by atoms with E-state index in [-0.39, 0.29) is 0 Å². The van der Waals surface area contributed by atoms with Gasteiger partial charge in [0.15, 0.2) is 0 Å². The van der Waals surface area contributed by atoms with Crippen LogP contribution in [0, 0.1) is 15.9 Å². The highest BCUT2D eigenvalue weighted by molar-refractivity contribution is 7.98. The zero-order chi connectivity index (χ0) is 14.5. The Kier molecular flexibility index (Phi) is 4.57. The molecule has 0 atom stereocenters. The first-order valence-corrected chi connectivity index (χ1v) is 7.13. The molecule has 0 heterocycles. The van der Waals surface area contributed by atoms with Gasteiger partial charge < -0.3 is 5.32 Å². The highest BCUT2D eigenvalue weighted by Crippen LogP contribution is 2.21. The van der Waals surface area contributed by atoms with Gasteiger partial charge in [0.1, 0.15) is 0 Å². The molecule has 0 aliphatic carbocycles. The second-order valence-corrected chi connectivity index (χ2v) is 5.01. The topological polar surface area (TPSA) is 55.2 Å². The zero-order valence-corrected chi connectivity index (χ0v) is 11.6. The van der Waals surface area contributed by atoms with E-state index in [1.807, 2.05) is 30.5 Å². The third-order valence-corrected chi connectivity index (χ3v) is 3.50. The number of nitro benzene ring substituents is 1. The Hall–Kier alpha value is -2.08. The van der Waals surface area contributed by atoms with E-state index in [1.165, 1.54) is 12.1 Å². The van der Waals surface area contributed by atoms with Gasteiger partial charge in [-0.15, -0.1) is 11.8 Å². The number of hydrogen-bond donors (Lipinski definition) is 1. The fourth-order valence-corrected chi connectivity index (χ4v) is 2.21. The lowest BCUT2D eigenvalue weighted by Crippen LogP contribution is -2.01. The molecule has 20 heavy (non-hydrogen) atoms. The van der Waals surface area contributed by atoms with Gasteiger partial charge in [-0.3, -0.25) is 10.1 Å².